The minimum atomic E-state index is -4.68. The first kappa shape index (κ1) is 35.4. The van der Waals surface area contributed by atoms with Crippen LogP contribution in [0.1, 0.15) is 90.7 Å². The molecule has 2 fully saturated rings. The van der Waals surface area contributed by atoms with Gasteiger partial charge < -0.3 is 9.64 Å². The summed E-state index contributed by atoms with van der Waals surface area (Å²) in [5.74, 6) is -0.822. The van der Waals surface area contributed by atoms with E-state index in [-0.39, 0.29) is 61.6 Å². The van der Waals surface area contributed by atoms with Crippen molar-refractivity contribution in [3.05, 3.63) is 70.7 Å². The van der Waals surface area contributed by atoms with Gasteiger partial charge in [-0.1, -0.05) is 6.07 Å². The van der Waals surface area contributed by atoms with Gasteiger partial charge in [-0.25, -0.2) is 15.0 Å². The molecule has 272 valence electrons. The van der Waals surface area contributed by atoms with Crippen molar-refractivity contribution in [2.24, 2.45) is 5.41 Å². The number of alkyl halides is 3. The maximum Gasteiger partial charge on any atom is 0.433 e. The monoisotopic (exact) mass is 716 g/mol. The van der Waals surface area contributed by atoms with Crippen molar-refractivity contribution in [1.82, 2.24) is 29.6 Å². The highest BCUT2D eigenvalue weighted by Gasteiger charge is 2.66. The summed E-state index contributed by atoms with van der Waals surface area (Å²) in [4.78, 5) is 68.2. The number of pyridine rings is 1. The molecule has 2 bridgehead atoms. The predicted molar refractivity (Wildman–Crippen MR) is 182 cm³/mol. The average Bonchev–Trinajstić information content (AvgIpc) is 3.50. The first-order chi connectivity index (χ1) is 24.7. The molecule has 1 aromatic carbocycles. The zero-order valence-electron chi connectivity index (χ0n) is 29.3. The molecule has 1 amide bonds. The summed E-state index contributed by atoms with van der Waals surface area (Å²) >= 11 is 0. The molecule has 0 radical (unpaired) electrons. The van der Waals surface area contributed by atoms with E-state index >= 15 is 0 Å². The number of aryl methyl sites for hydroxylation is 3. The number of Topliss-reactive ketones (excluding diaryl/α,β-unsaturated/α-hetero) is 2. The summed E-state index contributed by atoms with van der Waals surface area (Å²) < 4.78 is 47.6. The third-order valence-corrected chi connectivity index (χ3v) is 10.7. The third-order valence-electron chi connectivity index (χ3n) is 10.7. The number of carbonyl (C=O) groups excluding carboxylic acids is 4. The van der Waals surface area contributed by atoms with Crippen molar-refractivity contribution in [1.29, 1.82) is 0 Å². The SMILES string of the molecule is CC(=O)c1nn2c3c(cc(-c4cnc(C)nc4)cc13)CCCCCOC(=O)CC[C@@]13C[C@@H](C(=O)Cc4nc(C(F)(F)F)ccc4C)N(C(=O)C2)[C@@H]1C3. The lowest BCUT2D eigenvalue weighted by molar-refractivity contribution is -0.144. The van der Waals surface area contributed by atoms with Gasteiger partial charge in [0.25, 0.3) is 0 Å². The summed E-state index contributed by atoms with van der Waals surface area (Å²) in [5.41, 5.74) is 2.11. The Hall–Kier alpha value is -5.01. The van der Waals surface area contributed by atoms with Crippen LogP contribution in [0.3, 0.4) is 0 Å². The van der Waals surface area contributed by atoms with Crippen LogP contribution < -0.4 is 0 Å². The lowest BCUT2D eigenvalue weighted by Crippen LogP contribution is -2.45. The van der Waals surface area contributed by atoms with Gasteiger partial charge in [0.1, 0.15) is 23.8 Å². The van der Waals surface area contributed by atoms with E-state index in [0.717, 1.165) is 35.6 Å². The van der Waals surface area contributed by atoms with E-state index in [1.54, 1.807) is 35.8 Å². The summed E-state index contributed by atoms with van der Waals surface area (Å²) in [5, 5.41) is 5.25. The lowest BCUT2D eigenvalue weighted by atomic mass is 9.91. The number of rotatable bonds is 5. The van der Waals surface area contributed by atoms with Crippen molar-refractivity contribution >= 4 is 34.3 Å². The Kier molecular flexibility index (Phi) is 9.20. The van der Waals surface area contributed by atoms with Gasteiger partial charge in [0.05, 0.1) is 30.3 Å². The number of ether oxygens (including phenoxy) is 1. The molecule has 14 heteroatoms. The van der Waals surface area contributed by atoms with Crippen molar-refractivity contribution in [3.8, 4) is 11.1 Å². The largest absolute Gasteiger partial charge is 0.466 e. The number of ketones is 2. The topological polar surface area (TPSA) is 137 Å². The van der Waals surface area contributed by atoms with Crippen molar-refractivity contribution in [2.75, 3.05) is 6.61 Å². The van der Waals surface area contributed by atoms with Crippen LogP contribution in [0.15, 0.2) is 36.7 Å². The van der Waals surface area contributed by atoms with Gasteiger partial charge >= 0.3 is 12.1 Å². The smallest absolute Gasteiger partial charge is 0.433 e. The van der Waals surface area contributed by atoms with Crippen molar-refractivity contribution in [3.63, 3.8) is 0 Å². The molecule has 0 spiro atoms. The molecule has 0 N–H and O–H groups in total. The normalized spacial score (nSPS) is 22.5. The Morgan fingerprint density at radius 2 is 1.77 bits per heavy atom. The molecule has 4 aromatic rings. The van der Waals surface area contributed by atoms with Gasteiger partial charge in [-0.3, -0.25) is 23.9 Å². The summed E-state index contributed by atoms with van der Waals surface area (Å²) in [6, 6.07) is 4.76. The fourth-order valence-corrected chi connectivity index (χ4v) is 7.91. The van der Waals surface area contributed by atoms with Crippen LogP contribution >= 0.6 is 0 Å². The molecule has 0 unspecified atom stereocenters. The van der Waals surface area contributed by atoms with Crippen LogP contribution in [-0.2, 0) is 44.7 Å². The van der Waals surface area contributed by atoms with Gasteiger partial charge in [0, 0.05) is 42.7 Å². The van der Waals surface area contributed by atoms with E-state index in [2.05, 4.69) is 20.1 Å². The molecule has 3 aromatic heterocycles. The molecule has 5 heterocycles. The zero-order valence-corrected chi connectivity index (χ0v) is 29.3. The van der Waals surface area contributed by atoms with Gasteiger partial charge in [0.2, 0.25) is 5.91 Å². The number of halogens is 3. The van der Waals surface area contributed by atoms with Gasteiger partial charge in [-0.2, -0.15) is 18.3 Å². The number of amides is 1. The summed E-state index contributed by atoms with van der Waals surface area (Å²) in [6.45, 7) is 4.82. The number of nitrogens with zero attached hydrogens (tertiary/aromatic N) is 6. The molecular formula is C38H39F3N6O5. The third kappa shape index (κ3) is 6.82. The Bertz CT molecular complexity index is 2100. The van der Waals surface area contributed by atoms with E-state index < -0.39 is 35.0 Å². The molecule has 7 rings (SSSR count). The maximum atomic E-state index is 14.4. The number of esters is 1. The molecule has 2 aliphatic heterocycles. The number of hydrogen-bond acceptors (Lipinski definition) is 9. The fraction of sp³-hybridized carbons (Fsp3) is 0.474. The van der Waals surface area contributed by atoms with Gasteiger partial charge in [-0.05, 0) is 99.1 Å². The minimum absolute atomic E-state index is 0.00322. The van der Waals surface area contributed by atoms with Crippen LogP contribution in [0.2, 0.25) is 0 Å². The van der Waals surface area contributed by atoms with Crippen LogP contribution in [0.5, 0.6) is 0 Å². The second-order valence-corrected chi connectivity index (χ2v) is 14.3. The molecule has 3 aliphatic rings. The summed E-state index contributed by atoms with van der Waals surface area (Å²) in [7, 11) is 0. The molecule has 1 saturated carbocycles. The van der Waals surface area contributed by atoms with E-state index in [9.17, 15) is 32.3 Å². The van der Waals surface area contributed by atoms with Gasteiger partial charge in [-0.15, -0.1) is 0 Å². The molecule has 1 aliphatic carbocycles. The molecule has 3 atom stereocenters. The number of aromatic nitrogens is 5. The van der Waals surface area contributed by atoms with E-state index in [4.69, 9.17) is 4.74 Å². The first-order valence-corrected chi connectivity index (χ1v) is 17.6. The number of piperidine rings is 1. The first-order valence-electron chi connectivity index (χ1n) is 17.6. The highest BCUT2D eigenvalue weighted by atomic mass is 19.4. The van der Waals surface area contributed by atoms with Crippen molar-refractivity contribution in [2.45, 2.75) is 103 Å². The van der Waals surface area contributed by atoms with Crippen LogP contribution in [0.25, 0.3) is 22.0 Å². The molecule has 11 nitrogen and oxygen atoms in total. The molecule has 1 saturated heterocycles. The quantitative estimate of drug-likeness (QED) is 0.181. The van der Waals surface area contributed by atoms with E-state index in [1.807, 2.05) is 12.1 Å². The molecular weight excluding hydrogens is 677 g/mol. The highest BCUT2D eigenvalue weighted by molar-refractivity contribution is 6.07. The number of benzene rings is 1. The van der Waals surface area contributed by atoms with Crippen LogP contribution in [0.4, 0.5) is 13.2 Å². The Balaban J connectivity index is 1.28. The minimum Gasteiger partial charge on any atom is -0.466 e. The predicted octanol–water partition coefficient (Wildman–Crippen LogP) is 5.95. The average molecular weight is 717 g/mol. The fourth-order valence-electron chi connectivity index (χ4n) is 7.91. The van der Waals surface area contributed by atoms with Crippen LogP contribution in [0, 0.1) is 19.3 Å². The lowest BCUT2D eigenvalue weighted by Gasteiger charge is -2.27. The molecule has 52 heavy (non-hydrogen) atoms. The second kappa shape index (κ2) is 13.5. The second-order valence-electron chi connectivity index (χ2n) is 14.3. The Morgan fingerprint density at radius 3 is 2.50 bits per heavy atom. The Labute approximate surface area is 298 Å². The van der Waals surface area contributed by atoms with E-state index in [0.29, 0.717) is 48.0 Å². The number of carbonyl (C=O) groups is 4. The standard InChI is InChI=1S/C38H39F3N6O5/c1-21-8-9-31(38(39,40)41)44-28(21)15-30(49)29-16-37-11-10-34(51)52-12-6-4-5-7-24-13-25(26-18-42-23(3)43-19-26)14-27-35(22(2)48)45-46(36(24)27)20-33(50)47(29)32(37)17-37/h8-9,13-14,18-19,29,32H,4-7,10-12,15-17,20H2,1-3H3/t29-,32+,37-/m0/s1. The highest BCUT2D eigenvalue weighted by Crippen LogP contribution is 2.62. The summed E-state index contributed by atoms with van der Waals surface area (Å²) in [6.07, 6.45) is 2.55. The van der Waals surface area contributed by atoms with Crippen molar-refractivity contribution < 1.29 is 37.1 Å². The number of cyclic esters (lactones) is 1. The Morgan fingerprint density at radius 1 is 1.00 bits per heavy atom. The maximum absolute atomic E-state index is 14.4. The van der Waals surface area contributed by atoms with Gasteiger partial charge in [0.15, 0.2) is 11.6 Å². The van der Waals surface area contributed by atoms with Crippen LogP contribution in [-0.4, -0.2) is 71.8 Å². The van der Waals surface area contributed by atoms with E-state index in [1.165, 1.54) is 13.0 Å². The zero-order chi connectivity index (χ0) is 36.9. The number of hydrogen-bond donors (Lipinski definition) is 0.